The standard InChI is InChI=1S/C28H35N3O4S/c1-6-25(27(33)29-28(2,3)4)31(19-21-12-8-7-9-13-21)26(32)20-30(5)36(34,35)24-17-16-22-14-10-11-15-23(22)18-24/h7-18,25H,6,19-20H2,1-5H3,(H,29,33)/t25-/m0/s1. The fraction of sp³-hybridized carbons (Fsp3) is 0.357. The van der Waals surface area contributed by atoms with Gasteiger partial charge >= 0.3 is 0 Å². The summed E-state index contributed by atoms with van der Waals surface area (Å²) in [5, 5.41) is 4.68. The molecule has 0 aliphatic heterocycles. The molecule has 192 valence electrons. The summed E-state index contributed by atoms with van der Waals surface area (Å²) >= 11 is 0. The molecule has 7 nitrogen and oxygen atoms in total. The van der Waals surface area contributed by atoms with Gasteiger partial charge in [-0.1, -0.05) is 67.6 Å². The van der Waals surface area contributed by atoms with E-state index in [9.17, 15) is 18.0 Å². The highest BCUT2D eigenvalue weighted by Crippen LogP contribution is 2.22. The molecule has 2 amide bonds. The van der Waals surface area contributed by atoms with E-state index in [0.29, 0.717) is 6.42 Å². The van der Waals surface area contributed by atoms with Crippen molar-refractivity contribution in [3.05, 3.63) is 78.4 Å². The smallest absolute Gasteiger partial charge is 0.243 e. The fourth-order valence-electron chi connectivity index (χ4n) is 4.03. The van der Waals surface area contributed by atoms with Crippen LogP contribution in [0, 0.1) is 0 Å². The van der Waals surface area contributed by atoms with Gasteiger partial charge in [-0.15, -0.1) is 0 Å². The normalized spacial score (nSPS) is 12.9. The van der Waals surface area contributed by atoms with E-state index in [1.807, 2.05) is 82.3 Å². The van der Waals surface area contributed by atoms with Gasteiger partial charge in [0.1, 0.15) is 6.04 Å². The number of rotatable bonds is 9. The molecule has 0 saturated heterocycles. The van der Waals surface area contributed by atoms with Crippen LogP contribution >= 0.6 is 0 Å². The Hall–Kier alpha value is -3.23. The molecule has 0 aromatic heterocycles. The van der Waals surface area contributed by atoms with Gasteiger partial charge in [0.15, 0.2) is 0 Å². The van der Waals surface area contributed by atoms with Crippen LogP contribution in [0.15, 0.2) is 77.7 Å². The number of amides is 2. The highest BCUT2D eigenvalue weighted by atomic mass is 32.2. The van der Waals surface area contributed by atoms with Gasteiger partial charge in [-0.2, -0.15) is 4.31 Å². The van der Waals surface area contributed by atoms with E-state index in [1.54, 1.807) is 18.2 Å². The van der Waals surface area contributed by atoms with Crippen molar-refractivity contribution in [3.63, 3.8) is 0 Å². The number of benzene rings is 3. The van der Waals surface area contributed by atoms with Gasteiger partial charge < -0.3 is 10.2 Å². The molecule has 0 spiro atoms. The second kappa shape index (κ2) is 11.2. The van der Waals surface area contributed by atoms with Crippen LogP contribution in [0.4, 0.5) is 0 Å². The van der Waals surface area contributed by atoms with E-state index in [-0.39, 0.29) is 23.9 Å². The van der Waals surface area contributed by atoms with Crippen molar-refractivity contribution < 1.29 is 18.0 Å². The predicted molar refractivity (Wildman–Crippen MR) is 143 cm³/mol. The lowest BCUT2D eigenvalue weighted by Gasteiger charge is -2.34. The number of carbonyl (C=O) groups excluding carboxylic acids is 2. The van der Waals surface area contributed by atoms with Gasteiger partial charge in [-0.3, -0.25) is 9.59 Å². The molecule has 0 radical (unpaired) electrons. The molecule has 0 aliphatic rings. The van der Waals surface area contributed by atoms with E-state index in [2.05, 4.69) is 5.32 Å². The first-order valence-corrected chi connectivity index (χ1v) is 13.5. The number of nitrogens with one attached hydrogen (secondary N) is 1. The summed E-state index contributed by atoms with van der Waals surface area (Å²) in [6, 6.07) is 21.0. The molecule has 3 rings (SSSR count). The van der Waals surface area contributed by atoms with Crippen LogP contribution in [0.2, 0.25) is 0 Å². The van der Waals surface area contributed by atoms with Crippen LogP contribution < -0.4 is 5.32 Å². The highest BCUT2D eigenvalue weighted by molar-refractivity contribution is 7.89. The summed E-state index contributed by atoms with van der Waals surface area (Å²) in [5.74, 6) is -0.712. The molecular weight excluding hydrogens is 474 g/mol. The summed E-state index contributed by atoms with van der Waals surface area (Å²) in [5.41, 5.74) is 0.384. The number of hydrogen-bond acceptors (Lipinski definition) is 4. The number of fused-ring (bicyclic) bond motifs is 1. The Morgan fingerprint density at radius 1 is 0.917 bits per heavy atom. The number of sulfonamides is 1. The Labute approximate surface area is 214 Å². The zero-order valence-corrected chi connectivity index (χ0v) is 22.4. The van der Waals surface area contributed by atoms with Crippen molar-refractivity contribution in [2.75, 3.05) is 13.6 Å². The zero-order chi connectivity index (χ0) is 26.5. The number of likely N-dealkylation sites (N-methyl/N-ethyl adjacent to an activating group) is 1. The third kappa shape index (κ3) is 6.71. The molecule has 1 atom stereocenters. The largest absolute Gasteiger partial charge is 0.350 e. The van der Waals surface area contributed by atoms with Crippen LogP contribution in [0.3, 0.4) is 0 Å². The van der Waals surface area contributed by atoms with E-state index in [1.165, 1.54) is 11.9 Å². The summed E-state index contributed by atoms with van der Waals surface area (Å²) in [6.07, 6.45) is 0.391. The molecule has 0 bridgehead atoms. The minimum atomic E-state index is -3.93. The third-order valence-corrected chi connectivity index (χ3v) is 7.67. The average Bonchev–Trinajstić information content (AvgIpc) is 2.83. The lowest BCUT2D eigenvalue weighted by atomic mass is 10.1. The van der Waals surface area contributed by atoms with Crippen molar-refractivity contribution in [1.82, 2.24) is 14.5 Å². The highest BCUT2D eigenvalue weighted by Gasteiger charge is 2.33. The van der Waals surface area contributed by atoms with Gasteiger partial charge in [0.05, 0.1) is 11.4 Å². The van der Waals surface area contributed by atoms with Gasteiger partial charge in [-0.25, -0.2) is 8.42 Å². The lowest BCUT2D eigenvalue weighted by Crippen LogP contribution is -2.55. The van der Waals surface area contributed by atoms with E-state index < -0.39 is 27.5 Å². The monoisotopic (exact) mass is 509 g/mol. The molecule has 0 aliphatic carbocycles. The maximum Gasteiger partial charge on any atom is 0.243 e. The number of hydrogen-bond donors (Lipinski definition) is 1. The lowest BCUT2D eigenvalue weighted by molar-refractivity contribution is -0.142. The summed E-state index contributed by atoms with van der Waals surface area (Å²) in [6.45, 7) is 7.29. The minimum absolute atomic E-state index is 0.114. The number of carbonyl (C=O) groups is 2. The molecule has 8 heteroatoms. The van der Waals surface area contributed by atoms with Gasteiger partial charge in [0.2, 0.25) is 21.8 Å². The zero-order valence-electron chi connectivity index (χ0n) is 21.6. The molecule has 0 unspecified atom stereocenters. The Morgan fingerprint density at radius 2 is 1.53 bits per heavy atom. The Balaban J connectivity index is 1.88. The molecule has 0 fully saturated rings. The van der Waals surface area contributed by atoms with Crippen LogP contribution in [0.5, 0.6) is 0 Å². The fourth-order valence-corrected chi connectivity index (χ4v) is 5.18. The number of nitrogens with zero attached hydrogens (tertiary/aromatic N) is 2. The van der Waals surface area contributed by atoms with Crippen molar-refractivity contribution in [3.8, 4) is 0 Å². The van der Waals surface area contributed by atoms with Crippen LogP contribution in [0.1, 0.15) is 39.7 Å². The predicted octanol–water partition coefficient (Wildman–Crippen LogP) is 4.18. The van der Waals surface area contributed by atoms with E-state index in [0.717, 1.165) is 20.6 Å². The first-order chi connectivity index (χ1) is 16.9. The van der Waals surface area contributed by atoms with Crippen molar-refractivity contribution in [2.24, 2.45) is 0 Å². The maximum atomic E-state index is 13.6. The average molecular weight is 510 g/mol. The Kier molecular flexibility index (Phi) is 8.53. The summed E-state index contributed by atoms with van der Waals surface area (Å²) in [4.78, 5) is 28.3. The molecule has 36 heavy (non-hydrogen) atoms. The van der Waals surface area contributed by atoms with Gasteiger partial charge in [-0.05, 0) is 55.7 Å². The van der Waals surface area contributed by atoms with Crippen molar-refractivity contribution in [1.29, 1.82) is 0 Å². The van der Waals surface area contributed by atoms with Crippen LogP contribution in [-0.2, 0) is 26.2 Å². The molecule has 3 aromatic rings. The second-order valence-corrected chi connectivity index (χ2v) is 12.0. The van der Waals surface area contributed by atoms with Gasteiger partial charge in [0, 0.05) is 19.1 Å². The Morgan fingerprint density at radius 3 is 2.14 bits per heavy atom. The molecular formula is C28H35N3O4S. The Bertz CT molecular complexity index is 1320. The third-order valence-electron chi connectivity index (χ3n) is 5.87. The SMILES string of the molecule is CC[C@@H](C(=O)NC(C)(C)C)N(Cc1ccccc1)C(=O)CN(C)S(=O)(=O)c1ccc2ccccc2c1. The topological polar surface area (TPSA) is 86.8 Å². The molecule has 3 aromatic carbocycles. The first kappa shape index (κ1) is 27.4. The first-order valence-electron chi connectivity index (χ1n) is 12.0. The molecule has 1 N–H and O–H groups in total. The minimum Gasteiger partial charge on any atom is -0.350 e. The second-order valence-electron chi connectivity index (χ2n) is 9.94. The van der Waals surface area contributed by atoms with E-state index in [4.69, 9.17) is 0 Å². The van der Waals surface area contributed by atoms with E-state index >= 15 is 0 Å². The quantitative estimate of drug-likeness (QED) is 0.469. The van der Waals surface area contributed by atoms with Crippen LogP contribution in [-0.4, -0.2) is 54.6 Å². The molecule has 0 heterocycles. The van der Waals surface area contributed by atoms with Crippen molar-refractivity contribution in [2.45, 2.75) is 57.1 Å². The summed E-state index contributed by atoms with van der Waals surface area (Å²) in [7, 11) is -2.54. The van der Waals surface area contributed by atoms with Crippen LogP contribution in [0.25, 0.3) is 10.8 Å². The molecule has 0 saturated carbocycles. The van der Waals surface area contributed by atoms with Gasteiger partial charge in [0.25, 0.3) is 0 Å². The maximum absolute atomic E-state index is 13.6. The van der Waals surface area contributed by atoms with Crippen molar-refractivity contribution >= 4 is 32.6 Å². The summed E-state index contributed by atoms with van der Waals surface area (Å²) < 4.78 is 27.7.